The monoisotopic (exact) mass is 422 g/mol. The molecular formula is C24H38O4S. The van der Waals surface area contributed by atoms with E-state index in [9.17, 15) is 9.59 Å². The largest absolute Gasteiger partial charge is 0.481 e. The van der Waals surface area contributed by atoms with Crippen molar-refractivity contribution in [3.8, 4) is 0 Å². The Morgan fingerprint density at radius 3 is 1.93 bits per heavy atom. The Bertz CT molecular complexity index is 601. The highest BCUT2D eigenvalue weighted by atomic mass is 32.2. The summed E-state index contributed by atoms with van der Waals surface area (Å²) in [5.74, 6) is -0.988. The smallest absolute Gasteiger partial charge is 0.304 e. The van der Waals surface area contributed by atoms with Crippen LogP contribution in [0.1, 0.15) is 95.1 Å². The van der Waals surface area contributed by atoms with Gasteiger partial charge in [-0.25, -0.2) is 0 Å². The molecule has 0 unspecified atom stereocenters. The average Bonchev–Trinajstić information content (AvgIpc) is 2.68. The number of unbranched alkanes of at least 4 members (excludes halogenated alkanes) is 9. The molecule has 0 heterocycles. The molecule has 4 nitrogen and oxygen atoms in total. The van der Waals surface area contributed by atoms with Gasteiger partial charge in [-0.3, -0.25) is 9.59 Å². The second-order valence-electron chi connectivity index (χ2n) is 7.75. The van der Waals surface area contributed by atoms with E-state index >= 15 is 0 Å². The molecule has 0 aliphatic carbocycles. The summed E-state index contributed by atoms with van der Waals surface area (Å²) in [5, 5.41) is 17.8. The number of thioether (sulfide) groups is 1. The van der Waals surface area contributed by atoms with Crippen molar-refractivity contribution in [2.75, 3.05) is 5.75 Å². The van der Waals surface area contributed by atoms with Crippen LogP contribution in [0.3, 0.4) is 0 Å². The van der Waals surface area contributed by atoms with Crippen molar-refractivity contribution in [2.45, 2.75) is 102 Å². The first kappa shape index (κ1) is 25.5. The van der Waals surface area contributed by atoms with Gasteiger partial charge >= 0.3 is 11.9 Å². The lowest BCUT2D eigenvalue weighted by molar-refractivity contribution is -0.137. The maximum absolute atomic E-state index is 10.9. The van der Waals surface area contributed by atoms with Crippen molar-refractivity contribution in [1.29, 1.82) is 0 Å². The molecule has 0 saturated carbocycles. The minimum absolute atomic E-state index is 0.149. The fourth-order valence-electron chi connectivity index (χ4n) is 3.47. The van der Waals surface area contributed by atoms with E-state index in [1.165, 1.54) is 63.4 Å². The van der Waals surface area contributed by atoms with Gasteiger partial charge in [-0.05, 0) is 42.5 Å². The van der Waals surface area contributed by atoms with Gasteiger partial charge in [0, 0.05) is 17.1 Å². The van der Waals surface area contributed by atoms with Gasteiger partial charge in [-0.15, -0.1) is 11.8 Å². The van der Waals surface area contributed by atoms with Crippen molar-refractivity contribution < 1.29 is 19.8 Å². The molecule has 0 amide bonds. The number of carbonyl (C=O) groups is 2. The summed E-state index contributed by atoms with van der Waals surface area (Å²) < 4.78 is 0. The summed E-state index contributed by atoms with van der Waals surface area (Å²) in [7, 11) is 0. The molecule has 29 heavy (non-hydrogen) atoms. The molecule has 0 radical (unpaired) electrons. The first-order valence-corrected chi connectivity index (χ1v) is 12.2. The second-order valence-corrected chi connectivity index (χ2v) is 8.92. The number of benzene rings is 1. The van der Waals surface area contributed by atoms with Gasteiger partial charge in [0.05, 0.1) is 6.42 Å². The quantitative estimate of drug-likeness (QED) is 0.202. The molecule has 1 aromatic rings. The number of carboxylic acid groups (broad SMARTS) is 2. The summed E-state index contributed by atoms with van der Waals surface area (Å²) in [6.45, 7) is 2.25. The Morgan fingerprint density at radius 1 is 0.759 bits per heavy atom. The van der Waals surface area contributed by atoms with Crippen LogP contribution in [0.15, 0.2) is 23.1 Å². The van der Waals surface area contributed by atoms with Gasteiger partial charge in [0.15, 0.2) is 0 Å². The number of hydrogen-bond acceptors (Lipinski definition) is 3. The van der Waals surface area contributed by atoms with E-state index < -0.39 is 11.9 Å². The van der Waals surface area contributed by atoms with Crippen LogP contribution in [0.25, 0.3) is 0 Å². The first-order chi connectivity index (χ1) is 14.0. The number of aryl methyl sites for hydroxylation is 2. The molecule has 0 fully saturated rings. The van der Waals surface area contributed by atoms with E-state index in [2.05, 4.69) is 13.0 Å². The van der Waals surface area contributed by atoms with Gasteiger partial charge < -0.3 is 10.2 Å². The first-order valence-electron chi connectivity index (χ1n) is 11.2. The van der Waals surface area contributed by atoms with E-state index in [-0.39, 0.29) is 12.8 Å². The summed E-state index contributed by atoms with van der Waals surface area (Å²) in [6, 6.07) is 6.15. The molecule has 5 heteroatoms. The lowest BCUT2D eigenvalue weighted by atomic mass is 9.97. The van der Waals surface area contributed by atoms with Crippen LogP contribution in [0, 0.1) is 0 Å². The molecular weight excluding hydrogens is 384 g/mol. The lowest BCUT2D eigenvalue weighted by Crippen LogP contribution is -2.01. The third-order valence-corrected chi connectivity index (χ3v) is 6.17. The molecule has 0 spiro atoms. The highest BCUT2D eigenvalue weighted by Crippen LogP contribution is 2.25. The van der Waals surface area contributed by atoms with Gasteiger partial charge in [0.1, 0.15) is 0 Å². The van der Waals surface area contributed by atoms with Gasteiger partial charge in [0.25, 0.3) is 0 Å². The van der Waals surface area contributed by atoms with Gasteiger partial charge in [-0.1, -0.05) is 70.8 Å². The molecule has 0 aliphatic heterocycles. The molecule has 0 atom stereocenters. The predicted octanol–water partition coefficient (Wildman–Crippen LogP) is 6.73. The number of aliphatic carboxylic acids is 2. The van der Waals surface area contributed by atoms with E-state index in [1.807, 2.05) is 12.1 Å². The van der Waals surface area contributed by atoms with Crippen LogP contribution in [-0.4, -0.2) is 27.9 Å². The Hall–Kier alpha value is -1.49. The fourth-order valence-corrected chi connectivity index (χ4v) is 4.37. The Labute approximate surface area is 180 Å². The highest BCUT2D eigenvalue weighted by Gasteiger charge is 2.08. The minimum Gasteiger partial charge on any atom is -0.481 e. The van der Waals surface area contributed by atoms with E-state index in [0.717, 1.165) is 23.3 Å². The van der Waals surface area contributed by atoms with Crippen LogP contribution in [0.4, 0.5) is 0 Å². The molecule has 1 aromatic carbocycles. The molecule has 0 bridgehead atoms. The molecule has 164 valence electrons. The number of hydrogen-bond donors (Lipinski definition) is 2. The molecule has 1 rings (SSSR count). The SMILES string of the molecule is CCCCCCCCCCCCc1cc(SCCC(=O)O)ccc1CCC(=O)O. The summed E-state index contributed by atoms with van der Waals surface area (Å²) in [5.41, 5.74) is 2.34. The van der Waals surface area contributed by atoms with Crippen molar-refractivity contribution >= 4 is 23.7 Å². The van der Waals surface area contributed by atoms with Crippen LogP contribution in [0.2, 0.25) is 0 Å². The Balaban J connectivity index is 2.41. The topological polar surface area (TPSA) is 74.6 Å². The molecule has 0 aromatic heterocycles. The molecule has 0 saturated heterocycles. The van der Waals surface area contributed by atoms with Gasteiger partial charge in [-0.2, -0.15) is 0 Å². The highest BCUT2D eigenvalue weighted by molar-refractivity contribution is 7.99. The lowest BCUT2D eigenvalue weighted by Gasteiger charge is -2.11. The molecule has 2 N–H and O–H groups in total. The van der Waals surface area contributed by atoms with Crippen LogP contribution in [-0.2, 0) is 22.4 Å². The summed E-state index contributed by atoms with van der Waals surface area (Å²) in [4.78, 5) is 22.7. The minimum atomic E-state index is -0.777. The Morgan fingerprint density at radius 2 is 1.34 bits per heavy atom. The van der Waals surface area contributed by atoms with Crippen LogP contribution >= 0.6 is 11.8 Å². The van der Waals surface area contributed by atoms with E-state index in [0.29, 0.717) is 12.2 Å². The zero-order valence-corrected chi connectivity index (χ0v) is 18.8. The van der Waals surface area contributed by atoms with Crippen molar-refractivity contribution in [2.24, 2.45) is 0 Å². The third kappa shape index (κ3) is 13.4. The zero-order valence-electron chi connectivity index (χ0n) is 18.0. The van der Waals surface area contributed by atoms with Crippen molar-refractivity contribution in [1.82, 2.24) is 0 Å². The normalized spacial score (nSPS) is 10.9. The number of rotatable bonds is 18. The fraction of sp³-hybridized carbons (Fsp3) is 0.667. The van der Waals surface area contributed by atoms with E-state index in [4.69, 9.17) is 10.2 Å². The summed E-state index contributed by atoms with van der Waals surface area (Å²) in [6.07, 6.45) is 14.8. The maximum Gasteiger partial charge on any atom is 0.304 e. The second kappa shape index (κ2) is 16.3. The number of carboxylic acids is 2. The standard InChI is InChI=1S/C24H38O4S/c1-2-3-4-5-6-7-8-9-10-11-12-21-19-22(29-18-17-24(27)28)15-13-20(21)14-16-23(25)26/h13,15,19H,2-12,14,16-18H2,1H3,(H,25,26)(H,27,28). The summed E-state index contributed by atoms with van der Waals surface area (Å²) >= 11 is 1.56. The maximum atomic E-state index is 10.9. The zero-order chi connectivity index (χ0) is 21.3. The van der Waals surface area contributed by atoms with Crippen molar-refractivity contribution in [3.63, 3.8) is 0 Å². The predicted molar refractivity (Wildman–Crippen MR) is 121 cm³/mol. The van der Waals surface area contributed by atoms with Crippen LogP contribution < -0.4 is 0 Å². The average molecular weight is 423 g/mol. The van der Waals surface area contributed by atoms with E-state index in [1.54, 1.807) is 11.8 Å². The third-order valence-electron chi connectivity index (χ3n) is 5.17. The van der Waals surface area contributed by atoms with Crippen LogP contribution in [0.5, 0.6) is 0 Å². The molecule has 0 aliphatic rings. The Kier molecular flexibility index (Phi) is 14.4. The van der Waals surface area contributed by atoms with Gasteiger partial charge in [0.2, 0.25) is 0 Å². The van der Waals surface area contributed by atoms with Crippen molar-refractivity contribution in [3.05, 3.63) is 29.3 Å².